The lowest BCUT2D eigenvalue weighted by Gasteiger charge is -2.22. The lowest BCUT2D eigenvalue weighted by molar-refractivity contribution is -0.140. The summed E-state index contributed by atoms with van der Waals surface area (Å²) in [6.45, 7) is 5.44. The molecule has 0 aliphatic carbocycles. The van der Waals surface area contributed by atoms with Crippen LogP contribution in [-0.2, 0) is 4.79 Å². The predicted octanol–water partition coefficient (Wildman–Crippen LogP) is 1.79. The zero-order valence-corrected chi connectivity index (χ0v) is 12.7. The van der Waals surface area contributed by atoms with Crippen LogP contribution < -0.4 is 4.90 Å². The number of carboxylic acid groups (broad SMARTS) is 1. The van der Waals surface area contributed by atoms with Crippen molar-refractivity contribution in [3.63, 3.8) is 0 Å². The lowest BCUT2D eigenvalue weighted by Crippen LogP contribution is -2.37. The van der Waals surface area contributed by atoms with Gasteiger partial charge in [-0.05, 0) is 37.1 Å². The summed E-state index contributed by atoms with van der Waals surface area (Å²) in [5.41, 5.74) is 2.56. The average molecular weight is 302 g/mol. The fourth-order valence-corrected chi connectivity index (χ4v) is 1.98. The Labute approximate surface area is 128 Å². The minimum absolute atomic E-state index is 0.0102. The Morgan fingerprint density at radius 1 is 1.32 bits per heavy atom. The number of aromatic nitrogens is 3. The molecular formula is C15H18N4O3. The smallest absolute Gasteiger partial charge is 0.308 e. The summed E-state index contributed by atoms with van der Waals surface area (Å²) in [4.78, 5) is 29.1. The third-order valence-electron chi connectivity index (χ3n) is 3.53. The van der Waals surface area contributed by atoms with Crippen molar-refractivity contribution in [2.45, 2.75) is 20.8 Å². The highest BCUT2D eigenvalue weighted by molar-refractivity contribution is 6.05. The van der Waals surface area contributed by atoms with Crippen LogP contribution in [0.1, 0.15) is 28.4 Å². The van der Waals surface area contributed by atoms with Gasteiger partial charge in [0.25, 0.3) is 5.91 Å². The molecule has 0 aliphatic heterocycles. The Morgan fingerprint density at radius 2 is 2.05 bits per heavy atom. The van der Waals surface area contributed by atoms with Crippen LogP contribution in [0.2, 0.25) is 0 Å². The van der Waals surface area contributed by atoms with Gasteiger partial charge in [0.2, 0.25) is 5.95 Å². The topological polar surface area (TPSA) is 99.2 Å². The first-order chi connectivity index (χ1) is 10.4. The fraction of sp³-hybridized carbons (Fsp3) is 0.333. The van der Waals surface area contributed by atoms with Crippen molar-refractivity contribution >= 4 is 17.8 Å². The minimum Gasteiger partial charge on any atom is -0.481 e. The molecule has 0 aliphatic rings. The van der Waals surface area contributed by atoms with Crippen LogP contribution in [0, 0.1) is 19.8 Å². The van der Waals surface area contributed by atoms with Crippen molar-refractivity contribution in [1.29, 1.82) is 0 Å². The van der Waals surface area contributed by atoms with E-state index in [9.17, 15) is 9.59 Å². The first kappa shape index (κ1) is 15.7. The van der Waals surface area contributed by atoms with Crippen LogP contribution >= 0.6 is 0 Å². The molecule has 22 heavy (non-hydrogen) atoms. The molecular weight excluding hydrogens is 284 g/mol. The predicted molar refractivity (Wildman–Crippen MR) is 80.8 cm³/mol. The SMILES string of the molecule is Cc1ccc(C(=O)N(CC(C)C(=O)O)c2ncn[nH]2)cc1C. The molecule has 2 N–H and O–H groups in total. The van der Waals surface area contributed by atoms with E-state index in [1.54, 1.807) is 19.1 Å². The van der Waals surface area contributed by atoms with Crippen molar-refractivity contribution < 1.29 is 14.7 Å². The second-order valence-electron chi connectivity index (χ2n) is 5.26. The van der Waals surface area contributed by atoms with Gasteiger partial charge in [0.15, 0.2) is 0 Å². The number of anilines is 1. The number of H-pyrrole nitrogens is 1. The largest absolute Gasteiger partial charge is 0.481 e. The van der Waals surface area contributed by atoms with Crippen molar-refractivity contribution in [3.05, 3.63) is 41.2 Å². The maximum Gasteiger partial charge on any atom is 0.308 e. The van der Waals surface area contributed by atoms with E-state index < -0.39 is 11.9 Å². The summed E-state index contributed by atoms with van der Waals surface area (Å²) < 4.78 is 0. The number of hydrogen-bond donors (Lipinski definition) is 2. The molecule has 0 saturated heterocycles. The van der Waals surface area contributed by atoms with Crippen LogP contribution in [0.4, 0.5) is 5.95 Å². The van der Waals surface area contributed by atoms with Crippen LogP contribution in [-0.4, -0.2) is 38.7 Å². The zero-order valence-electron chi connectivity index (χ0n) is 12.7. The monoisotopic (exact) mass is 302 g/mol. The molecule has 7 nitrogen and oxygen atoms in total. The van der Waals surface area contributed by atoms with Crippen LogP contribution in [0.3, 0.4) is 0 Å². The Morgan fingerprint density at radius 3 is 2.59 bits per heavy atom. The van der Waals surface area contributed by atoms with E-state index in [1.165, 1.54) is 11.2 Å². The zero-order chi connectivity index (χ0) is 16.3. The first-order valence-corrected chi connectivity index (χ1v) is 6.87. The Balaban J connectivity index is 2.33. The van der Waals surface area contributed by atoms with E-state index in [1.807, 2.05) is 19.9 Å². The van der Waals surface area contributed by atoms with Crippen LogP contribution in [0.5, 0.6) is 0 Å². The molecule has 0 spiro atoms. The van der Waals surface area contributed by atoms with Gasteiger partial charge in [0, 0.05) is 12.1 Å². The maximum atomic E-state index is 12.7. The van der Waals surface area contributed by atoms with Crippen molar-refractivity contribution in [2.75, 3.05) is 11.4 Å². The maximum absolute atomic E-state index is 12.7. The standard InChI is InChI=1S/C15H18N4O3/c1-9-4-5-12(6-10(9)2)13(20)19(7-11(3)14(21)22)15-16-8-17-18-15/h4-6,8,11H,7H2,1-3H3,(H,21,22)(H,16,17,18). The fourth-order valence-electron chi connectivity index (χ4n) is 1.98. The van der Waals surface area contributed by atoms with Gasteiger partial charge >= 0.3 is 5.97 Å². The number of hydrogen-bond acceptors (Lipinski definition) is 4. The highest BCUT2D eigenvalue weighted by Gasteiger charge is 2.25. The van der Waals surface area contributed by atoms with Gasteiger partial charge in [0.05, 0.1) is 5.92 Å². The van der Waals surface area contributed by atoms with E-state index in [0.717, 1.165) is 11.1 Å². The number of carboxylic acids is 1. The van der Waals surface area contributed by atoms with E-state index in [4.69, 9.17) is 5.11 Å². The number of aliphatic carboxylic acids is 1. The number of benzene rings is 1. The molecule has 2 rings (SSSR count). The molecule has 1 atom stereocenters. The number of carbonyl (C=O) groups is 2. The number of nitrogens with zero attached hydrogens (tertiary/aromatic N) is 3. The van der Waals surface area contributed by atoms with Crippen LogP contribution in [0.15, 0.2) is 24.5 Å². The lowest BCUT2D eigenvalue weighted by atomic mass is 10.0. The first-order valence-electron chi connectivity index (χ1n) is 6.87. The van der Waals surface area contributed by atoms with E-state index in [0.29, 0.717) is 5.56 Å². The van der Waals surface area contributed by atoms with Crippen LogP contribution in [0.25, 0.3) is 0 Å². The second kappa shape index (κ2) is 6.38. The van der Waals surface area contributed by atoms with Gasteiger partial charge in [-0.25, -0.2) is 5.10 Å². The molecule has 116 valence electrons. The molecule has 0 bridgehead atoms. The summed E-state index contributed by atoms with van der Waals surface area (Å²) in [6.07, 6.45) is 1.28. The second-order valence-corrected chi connectivity index (χ2v) is 5.26. The van der Waals surface area contributed by atoms with Crippen molar-refractivity contribution in [2.24, 2.45) is 5.92 Å². The van der Waals surface area contributed by atoms with Gasteiger partial charge in [-0.2, -0.15) is 10.1 Å². The number of amides is 1. The van der Waals surface area contributed by atoms with E-state index in [2.05, 4.69) is 15.2 Å². The summed E-state index contributed by atoms with van der Waals surface area (Å²) in [5.74, 6) is -1.78. The van der Waals surface area contributed by atoms with Gasteiger partial charge in [-0.15, -0.1) is 0 Å². The number of aryl methyl sites for hydroxylation is 2. The normalized spacial score (nSPS) is 12.0. The third kappa shape index (κ3) is 3.30. The Bertz CT molecular complexity index is 682. The third-order valence-corrected chi connectivity index (χ3v) is 3.53. The number of rotatable bonds is 5. The average Bonchev–Trinajstić information content (AvgIpc) is 3.00. The highest BCUT2D eigenvalue weighted by Crippen LogP contribution is 2.16. The molecule has 1 heterocycles. The molecule has 1 unspecified atom stereocenters. The molecule has 0 saturated carbocycles. The summed E-state index contributed by atoms with van der Waals surface area (Å²) in [5, 5.41) is 15.4. The molecule has 0 radical (unpaired) electrons. The molecule has 1 aromatic heterocycles. The molecule has 7 heteroatoms. The summed E-state index contributed by atoms with van der Waals surface area (Å²) in [6, 6.07) is 5.37. The van der Waals surface area contributed by atoms with Gasteiger partial charge in [-0.1, -0.05) is 13.0 Å². The summed E-state index contributed by atoms with van der Waals surface area (Å²) in [7, 11) is 0. The minimum atomic E-state index is -0.975. The van der Waals surface area contributed by atoms with Crippen molar-refractivity contribution in [3.8, 4) is 0 Å². The van der Waals surface area contributed by atoms with Crippen molar-refractivity contribution in [1.82, 2.24) is 15.2 Å². The molecule has 0 fully saturated rings. The summed E-state index contributed by atoms with van der Waals surface area (Å²) >= 11 is 0. The highest BCUT2D eigenvalue weighted by atomic mass is 16.4. The van der Waals surface area contributed by atoms with Gasteiger partial charge in [-0.3, -0.25) is 14.5 Å². The molecule has 1 aromatic carbocycles. The molecule has 1 amide bonds. The Hall–Kier alpha value is -2.70. The van der Waals surface area contributed by atoms with Gasteiger partial charge in [0.1, 0.15) is 6.33 Å². The van der Waals surface area contributed by atoms with E-state index >= 15 is 0 Å². The molecule has 2 aromatic rings. The van der Waals surface area contributed by atoms with E-state index in [-0.39, 0.29) is 18.4 Å². The van der Waals surface area contributed by atoms with Gasteiger partial charge < -0.3 is 5.11 Å². The quantitative estimate of drug-likeness (QED) is 0.877. The number of nitrogens with one attached hydrogen (secondary N) is 1. The number of carbonyl (C=O) groups excluding carboxylic acids is 1. The number of aromatic amines is 1. The Kier molecular flexibility index (Phi) is 4.55.